The van der Waals surface area contributed by atoms with Crippen LogP contribution < -0.4 is 5.32 Å². The average Bonchev–Trinajstić information content (AvgIpc) is 2.97. The molecular weight excluding hydrogens is 554 g/mol. The number of rotatable bonds is 12. The summed E-state index contributed by atoms with van der Waals surface area (Å²) in [5.74, 6) is -0.482. The fourth-order valence-electron chi connectivity index (χ4n) is 4.64. The van der Waals surface area contributed by atoms with Crippen LogP contribution in [0.2, 0.25) is 5.02 Å². The van der Waals surface area contributed by atoms with Crippen LogP contribution in [0.25, 0.3) is 11.1 Å². The van der Waals surface area contributed by atoms with Gasteiger partial charge in [0.05, 0.1) is 11.4 Å². The number of nitrogens with one attached hydrogen (secondary N) is 1. The molecule has 4 aromatic carbocycles. The molecular formula is C33H36ClN3O3S. The molecule has 0 spiro atoms. The van der Waals surface area contributed by atoms with Crippen LogP contribution in [0.15, 0.2) is 108 Å². The van der Waals surface area contributed by atoms with Gasteiger partial charge in [0.2, 0.25) is 15.9 Å². The Bertz CT molecular complexity index is 1540. The van der Waals surface area contributed by atoms with Crippen molar-refractivity contribution in [2.75, 3.05) is 27.2 Å². The fourth-order valence-corrected chi connectivity index (χ4v) is 6.37. The largest absolute Gasteiger partial charge is 0.351 e. The third kappa shape index (κ3) is 8.27. The Morgan fingerprint density at radius 2 is 1.44 bits per heavy atom. The zero-order chi connectivity index (χ0) is 29.4. The van der Waals surface area contributed by atoms with Crippen molar-refractivity contribution in [1.29, 1.82) is 0 Å². The second-order valence-corrected chi connectivity index (χ2v) is 12.8. The molecule has 4 rings (SSSR count). The first-order valence-corrected chi connectivity index (χ1v) is 15.3. The highest BCUT2D eigenvalue weighted by atomic mass is 35.5. The van der Waals surface area contributed by atoms with Crippen molar-refractivity contribution in [3.8, 4) is 11.1 Å². The number of amides is 1. The standard InChI is InChI=1S/C33H36ClN3O3S/c1-25(28-9-5-4-6-10-28)22-37(24-33(38)35-21-26-13-15-27(16-14-26)23-36(2)3)41(39,40)30-19-17-29(18-20-30)31-11-7-8-12-32(31)34/h4-20,25H,21-24H2,1-3H3,(H,35,38)/t25-/m0/s1. The van der Waals surface area contributed by atoms with Gasteiger partial charge in [0.15, 0.2) is 0 Å². The van der Waals surface area contributed by atoms with Crippen molar-refractivity contribution < 1.29 is 13.2 Å². The molecule has 1 amide bonds. The van der Waals surface area contributed by atoms with Gasteiger partial charge in [-0.3, -0.25) is 4.79 Å². The summed E-state index contributed by atoms with van der Waals surface area (Å²) in [4.78, 5) is 15.3. The van der Waals surface area contributed by atoms with Gasteiger partial charge < -0.3 is 10.2 Å². The summed E-state index contributed by atoms with van der Waals surface area (Å²) in [6.07, 6.45) is 0. The van der Waals surface area contributed by atoms with Gasteiger partial charge in [-0.1, -0.05) is 103 Å². The van der Waals surface area contributed by atoms with E-state index in [1.165, 1.54) is 9.87 Å². The Morgan fingerprint density at radius 1 is 0.829 bits per heavy atom. The minimum Gasteiger partial charge on any atom is -0.351 e. The summed E-state index contributed by atoms with van der Waals surface area (Å²) in [7, 11) is 0.0539. The second kappa shape index (κ2) is 13.9. The number of carbonyl (C=O) groups is 1. The van der Waals surface area contributed by atoms with E-state index in [1.807, 2.05) is 93.8 Å². The predicted molar refractivity (Wildman–Crippen MR) is 166 cm³/mol. The highest BCUT2D eigenvalue weighted by molar-refractivity contribution is 7.89. The minimum atomic E-state index is -3.97. The fraction of sp³-hybridized carbons (Fsp3) is 0.242. The first-order valence-electron chi connectivity index (χ1n) is 13.5. The molecule has 0 bridgehead atoms. The lowest BCUT2D eigenvalue weighted by Gasteiger charge is -2.25. The Morgan fingerprint density at radius 3 is 2.07 bits per heavy atom. The van der Waals surface area contributed by atoms with Crippen molar-refractivity contribution in [1.82, 2.24) is 14.5 Å². The first kappa shape index (κ1) is 30.5. The van der Waals surface area contributed by atoms with E-state index >= 15 is 0 Å². The van der Waals surface area contributed by atoms with Gasteiger partial charge in [0.1, 0.15) is 0 Å². The molecule has 214 valence electrons. The zero-order valence-corrected chi connectivity index (χ0v) is 25.2. The van der Waals surface area contributed by atoms with E-state index in [-0.39, 0.29) is 29.8 Å². The van der Waals surface area contributed by atoms with E-state index in [9.17, 15) is 13.2 Å². The Balaban J connectivity index is 1.52. The predicted octanol–water partition coefficient (Wildman–Crippen LogP) is 6.18. The van der Waals surface area contributed by atoms with Gasteiger partial charge in [0, 0.05) is 30.2 Å². The van der Waals surface area contributed by atoms with Gasteiger partial charge in [-0.05, 0) is 60.5 Å². The Kier molecular flexibility index (Phi) is 10.3. The molecule has 41 heavy (non-hydrogen) atoms. The van der Waals surface area contributed by atoms with E-state index in [0.717, 1.165) is 28.8 Å². The minimum absolute atomic E-state index is 0.120. The molecule has 0 unspecified atom stereocenters. The molecule has 0 saturated carbocycles. The third-order valence-electron chi connectivity index (χ3n) is 6.85. The molecule has 0 aliphatic carbocycles. The lowest BCUT2D eigenvalue weighted by molar-refractivity contribution is -0.121. The van der Waals surface area contributed by atoms with E-state index in [4.69, 9.17) is 11.6 Å². The van der Waals surface area contributed by atoms with E-state index in [1.54, 1.807) is 30.3 Å². The number of benzene rings is 4. The molecule has 1 atom stereocenters. The third-order valence-corrected chi connectivity index (χ3v) is 9.01. The molecule has 8 heteroatoms. The number of hydrogen-bond acceptors (Lipinski definition) is 4. The summed E-state index contributed by atoms with van der Waals surface area (Å²) in [6.45, 7) is 2.98. The molecule has 0 aromatic heterocycles. The van der Waals surface area contributed by atoms with Crippen molar-refractivity contribution in [2.24, 2.45) is 0 Å². The summed E-state index contributed by atoms with van der Waals surface area (Å²) in [5.41, 5.74) is 4.76. The van der Waals surface area contributed by atoms with Gasteiger partial charge in [-0.15, -0.1) is 0 Å². The molecule has 1 N–H and O–H groups in total. The number of sulfonamides is 1. The van der Waals surface area contributed by atoms with E-state index in [0.29, 0.717) is 11.6 Å². The normalized spacial score (nSPS) is 12.4. The average molecular weight is 590 g/mol. The highest BCUT2D eigenvalue weighted by Crippen LogP contribution is 2.29. The molecule has 0 heterocycles. The summed E-state index contributed by atoms with van der Waals surface area (Å²) in [5, 5.41) is 3.48. The van der Waals surface area contributed by atoms with Crippen LogP contribution in [0.5, 0.6) is 0 Å². The topological polar surface area (TPSA) is 69.7 Å². The molecule has 0 fully saturated rings. The molecule has 0 aliphatic heterocycles. The monoisotopic (exact) mass is 589 g/mol. The molecule has 0 saturated heterocycles. The van der Waals surface area contributed by atoms with Gasteiger partial charge in [0.25, 0.3) is 0 Å². The van der Waals surface area contributed by atoms with Crippen molar-refractivity contribution >= 4 is 27.5 Å². The Hall–Kier alpha value is -3.49. The van der Waals surface area contributed by atoms with E-state index < -0.39 is 10.0 Å². The van der Waals surface area contributed by atoms with Crippen LogP contribution in [0.3, 0.4) is 0 Å². The summed E-state index contributed by atoms with van der Waals surface area (Å²) < 4.78 is 29.0. The van der Waals surface area contributed by atoms with Crippen LogP contribution in [-0.2, 0) is 27.9 Å². The second-order valence-electron chi connectivity index (χ2n) is 10.4. The number of carbonyl (C=O) groups excluding carboxylic acids is 1. The van der Waals surface area contributed by atoms with Crippen molar-refractivity contribution in [2.45, 2.75) is 30.8 Å². The van der Waals surface area contributed by atoms with Gasteiger partial charge in [-0.25, -0.2) is 8.42 Å². The lowest BCUT2D eigenvalue weighted by atomic mass is 10.0. The van der Waals surface area contributed by atoms with Crippen LogP contribution in [-0.4, -0.2) is 50.7 Å². The summed E-state index contributed by atoms with van der Waals surface area (Å²) >= 11 is 6.34. The number of nitrogens with zero attached hydrogens (tertiary/aromatic N) is 2. The van der Waals surface area contributed by atoms with Gasteiger partial charge in [-0.2, -0.15) is 4.31 Å². The van der Waals surface area contributed by atoms with Crippen LogP contribution >= 0.6 is 11.6 Å². The smallest absolute Gasteiger partial charge is 0.243 e. The maximum atomic E-state index is 13.9. The maximum Gasteiger partial charge on any atom is 0.243 e. The first-order chi connectivity index (χ1) is 19.6. The Labute approximate surface area is 248 Å². The quantitative estimate of drug-likeness (QED) is 0.214. The highest BCUT2D eigenvalue weighted by Gasteiger charge is 2.28. The van der Waals surface area contributed by atoms with Crippen LogP contribution in [0.4, 0.5) is 0 Å². The van der Waals surface area contributed by atoms with Gasteiger partial charge >= 0.3 is 0 Å². The zero-order valence-electron chi connectivity index (χ0n) is 23.6. The van der Waals surface area contributed by atoms with Crippen molar-refractivity contribution in [3.05, 3.63) is 125 Å². The summed E-state index contributed by atoms with van der Waals surface area (Å²) in [6, 6.07) is 31.8. The van der Waals surface area contributed by atoms with Crippen LogP contribution in [0.1, 0.15) is 29.5 Å². The molecule has 0 radical (unpaired) electrons. The lowest BCUT2D eigenvalue weighted by Crippen LogP contribution is -2.42. The number of hydrogen-bond donors (Lipinski definition) is 1. The molecule has 6 nitrogen and oxygen atoms in total. The maximum absolute atomic E-state index is 13.9. The number of halogens is 1. The SMILES string of the molecule is C[C@@H](CN(CC(=O)NCc1ccc(CN(C)C)cc1)S(=O)(=O)c1ccc(-c2ccccc2Cl)cc1)c1ccccc1. The van der Waals surface area contributed by atoms with Crippen molar-refractivity contribution in [3.63, 3.8) is 0 Å². The molecule has 4 aromatic rings. The van der Waals surface area contributed by atoms with E-state index in [2.05, 4.69) is 10.2 Å². The molecule has 0 aliphatic rings. The van der Waals surface area contributed by atoms with Crippen LogP contribution in [0, 0.1) is 0 Å².